The summed E-state index contributed by atoms with van der Waals surface area (Å²) >= 11 is 0. The van der Waals surface area contributed by atoms with Gasteiger partial charge in [0.25, 0.3) is 15.0 Å². The number of halogens is 1. The molecule has 1 aromatic rings. The van der Waals surface area contributed by atoms with Crippen LogP contribution in [0.2, 0.25) is 0 Å². The summed E-state index contributed by atoms with van der Waals surface area (Å²) in [5.41, 5.74) is 1.03. The van der Waals surface area contributed by atoms with E-state index in [4.69, 9.17) is 10.7 Å². The molecule has 1 aromatic carbocycles. The van der Waals surface area contributed by atoms with Crippen molar-refractivity contribution in [3.63, 3.8) is 0 Å². The van der Waals surface area contributed by atoms with Crippen LogP contribution in [0.25, 0.3) is 0 Å². The molecule has 0 saturated carbocycles. The number of likely N-dealkylation sites (tertiary alicyclic amines) is 1. The molecule has 1 aliphatic heterocycles. The third kappa shape index (κ3) is 3.98. The lowest BCUT2D eigenvalue weighted by molar-refractivity contribution is 0.0761. The van der Waals surface area contributed by atoms with Gasteiger partial charge in [-0.25, -0.2) is 8.42 Å². The van der Waals surface area contributed by atoms with Crippen molar-refractivity contribution in [2.75, 3.05) is 13.1 Å². The van der Waals surface area contributed by atoms with Crippen LogP contribution in [0.1, 0.15) is 48.5 Å². The number of amides is 1. The molecule has 0 aliphatic carbocycles. The lowest BCUT2D eigenvalue weighted by Gasteiger charge is -2.20. The number of benzene rings is 1. The van der Waals surface area contributed by atoms with Crippen molar-refractivity contribution in [1.29, 1.82) is 0 Å². The lowest BCUT2D eigenvalue weighted by atomic mass is 10.1. The summed E-state index contributed by atoms with van der Waals surface area (Å²) < 4.78 is 23.3. The molecule has 1 heterocycles. The summed E-state index contributed by atoms with van der Waals surface area (Å²) in [6.07, 6.45) is 4.83. The first-order valence-electron chi connectivity index (χ1n) is 7.30. The van der Waals surface area contributed by atoms with E-state index in [1.54, 1.807) is 17.0 Å². The van der Waals surface area contributed by atoms with Gasteiger partial charge in [0.05, 0.1) is 4.90 Å². The molecule has 1 aliphatic rings. The number of carbonyl (C=O) groups excluding carboxylic acids is 1. The van der Waals surface area contributed by atoms with Gasteiger partial charge in [-0.3, -0.25) is 4.79 Å². The molecule has 21 heavy (non-hydrogen) atoms. The van der Waals surface area contributed by atoms with Gasteiger partial charge < -0.3 is 4.90 Å². The molecule has 1 saturated heterocycles. The highest BCUT2D eigenvalue weighted by atomic mass is 35.7. The molecule has 0 aromatic heterocycles. The van der Waals surface area contributed by atoms with Crippen molar-refractivity contribution in [2.24, 2.45) is 0 Å². The number of nitrogens with zero attached hydrogens (tertiary/aromatic N) is 1. The van der Waals surface area contributed by atoms with E-state index in [2.05, 4.69) is 0 Å². The Labute approximate surface area is 130 Å². The number of aryl methyl sites for hydroxylation is 1. The van der Waals surface area contributed by atoms with Crippen molar-refractivity contribution < 1.29 is 13.2 Å². The molecule has 1 fully saturated rings. The summed E-state index contributed by atoms with van der Waals surface area (Å²) in [6, 6.07) is 4.78. The Morgan fingerprint density at radius 3 is 2.33 bits per heavy atom. The molecule has 0 N–H and O–H groups in total. The highest BCUT2D eigenvalue weighted by Crippen LogP contribution is 2.23. The Balaban J connectivity index is 2.33. The third-order valence-electron chi connectivity index (χ3n) is 3.85. The average Bonchev–Trinajstić information content (AvgIpc) is 2.74. The standard InChI is InChI=1S/C15H20ClNO3S/c1-2-12-7-8-13(11-14(12)21(16,19)20)15(18)17-9-5-3-4-6-10-17/h7-8,11H,2-6,9-10H2,1H3. The highest BCUT2D eigenvalue weighted by molar-refractivity contribution is 8.13. The molecule has 0 bridgehead atoms. The second-order valence-corrected chi connectivity index (χ2v) is 7.85. The van der Waals surface area contributed by atoms with Crippen LogP contribution >= 0.6 is 10.7 Å². The SMILES string of the molecule is CCc1ccc(C(=O)N2CCCCCC2)cc1S(=O)(=O)Cl. The predicted octanol–water partition coefficient (Wildman–Crippen LogP) is 3.19. The smallest absolute Gasteiger partial charge is 0.261 e. The molecule has 0 spiro atoms. The molecule has 2 rings (SSSR count). The van der Waals surface area contributed by atoms with Gasteiger partial charge in [-0.15, -0.1) is 0 Å². The minimum atomic E-state index is -3.84. The van der Waals surface area contributed by atoms with Crippen LogP contribution < -0.4 is 0 Å². The van der Waals surface area contributed by atoms with Crippen LogP contribution in [-0.4, -0.2) is 32.3 Å². The van der Waals surface area contributed by atoms with E-state index in [0.717, 1.165) is 38.8 Å². The van der Waals surface area contributed by atoms with Gasteiger partial charge in [-0.05, 0) is 37.0 Å². The van der Waals surface area contributed by atoms with Crippen LogP contribution in [0.4, 0.5) is 0 Å². The minimum absolute atomic E-state index is 0.0485. The molecular formula is C15H20ClNO3S. The topological polar surface area (TPSA) is 54.5 Å². The highest BCUT2D eigenvalue weighted by Gasteiger charge is 2.21. The van der Waals surface area contributed by atoms with Crippen molar-refractivity contribution in [2.45, 2.75) is 43.9 Å². The molecule has 6 heteroatoms. The van der Waals surface area contributed by atoms with Gasteiger partial charge >= 0.3 is 0 Å². The zero-order valence-electron chi connectivity index (χ0n) is 12.1. The molecule has 1 amide bonds. The summed E-state index contributed by atoms with van der Waals surface area (Å²) in [5.74, 6) is -0.110. The van der Waals surface area contributed by atoms with Crippen LogP contribution in [0, 0.1) is 0 Å². The van der Waals surface area contributed by atoms with Gasteiger partial charge in [0, 0.05) is 29.3 Å². The molecule has 0 unspecified atom stereocenters. The molecule has 0 atom stereocenters. The summed E-state index contributed by atoms with van der Waals surface area (Å²) in [7, 11) is 1.64. The van der Waals surface area contributed by atoms with E-state index < -0.39 is 9.05 Å². The largest absolute Gasteiger partial charge is 0.339 e. The maximum Gasteiger partial charge on any atom is 0.261 e. The van der Waals surface area contributed by atoms with Crippen molar-refractivity contribution >= 4 is 25.6 Å². The van der Waals surface area contributed by atoms with Crippen molar-refractivity contribution in [3.05, 3.63) is 29.3 Å². The van der Waals surface area contributed by atoms with Crippen molar-refractivity contribution in [1.82, 2.24) is 4.90 Å². The van der Waals surface area contributed by atoms with Gasteiger partial charge in [0.15, 0.2) is 0 Å². The first kappa shape index (κ1) is 16.3. The number of hydrogen-bond donors (Lipinski definition) is 0. The average molecular weight is 330 g/mol. The van der Waals surface area contributed by atoms with Crippen molar-refractivity contribution in [3.8, 4) is 0 Å². The zero-order chi connectivity index (χ0) is 15.5. The number of hydrogen-bond acceptors (Lipinski definition) is 3. The maximum absolute atomic E-state index is 12.5. The van der Waals surface area contributed by atoms with Crippen LogP contribution in [0.3, 0.4) is 0 Å². The van der Waals surface area contributed by atoms with Gasteiger partial charge in [0.2, 0.25) is 0 Å². The minimum Gasteiger partial charge on any atom is -0.339 e. The van der Waals surface area contributed by atoms with Gasteiger partial charge in [-0.2, -0.15) is 0 Å². The second kappa shape index (κ2) is 6.79. The van der Waals surface area contributed by atoms with E-state index in [1.807, 2.05) is 6.92 Å². The molecule has 116 valence electrons. The normalized spacial score (nSPS) is 16.6. The second-order valence-electron chi connectivity index (χ2n) is 5.32. The Kier molecular flexibility index (Phi) is 5.27. The van der Waals surface area contributed by atoms with Gasteiger partial charge in [0.1, 0.15) is 0 Å². The van der Waals surface area contributed by atoms with E-state index in [-0.39, 0.29) is 10.8 Å². The Bertz CT molecular complexity index is 620. The first-order chi connectivity index (χ1) is 9.93. The fourth-order valence-corrected chi connectivity index (χ4v) is 3.89. The maximum atomic E-state index is 12.5. The van der Waals surface area contributed by atoms with Crippen LogP contribution in [0.5, 0.6) is 0 Å². The van der Waals surface area contributed by atoms with E-state index in [9.17, 15) is 13.2 Å². The van der Waals surface area contributed by atoms with E-state index in [1.165, 1.54) is 6.07 Å². The third-order valence-corrected chi connectivity index (χ3v) is 5.26. The lowest BCUT2D eigenvalue weighted by Crippen LogP contribution is -2.31. The predicted molar refractivity (Wildman–Crippen MR) is 83.2 cm³/mol. The fraction of sp³-hybridized carbons (Fsp3) is 0.533. The first-order valence-corrected chi connectivity index (χ1v) is 9.61. The summed E-state index contributed by atoms with van der Waals surface area (Å²) in [4.78, 5) is 14.4. The van der Waals surface area contributed by atoms with E-state index >= 15 is 0 Å². The Morgan fingerprint density at radius 2 is 1.81 bits per heavy atom. The summed E-state index contributed by atoms with van der Waals surface area (Å²) in [6.45, 7) is 3.33. The monoisotopic (exact) mass is 329 g/mol. The molecular weight excluding hydrogens is 310 g/mol. The summed E-state index contributed by atoms with van der Waals surface area (Å²) in [5, 5.41) is 0. The van der Waals surface area contributed by atoms with Gasteiger partial charge in [-0.1, -0.05) is 25.8 Å². The van der Waals surface area contributed by atoms with E-state index in [0.29, 0.717) is 17.5 Å². The molecule has 4 nitrogen and oxygen atoms in total. The van der Waals surface area contributed by atoms with Crippen LogP contribution in [-0.2, 0) is 15.5 Å². The Hall–Kier alpha value is -1.07. The fourth-order valence-electron chi connectivity index (χ4n) is 2.66. The Morgan fingerprint density at radius 1 is 1.19 bits per heavy atom. The van der Waals surface area contributed by atoms with Crippen LogP contribution in [0.15, 0.2) is 23.1 Å². The quantitative estimate of drug-likeness (QED) is 0.800. The zero-order valence-corrected chi connectivity index (χ0v) is 13.7. The molecule has 0 radical (unpaired) electrons. The number of rotatable bonds is 3. The number of carbonyl (C=O) groups is 1.